The zero-order valence-corrected chi connectivity index (χ0v) is 12.3. The maximum atomic E-state index is 4.62. The van der Waals surface area contributed by atoms with E-state index in [0.717, 1.165) is 36.0 Å². The third-order valence-corrected chi connectivity index (χ3v) is 4.08. The van der Waals surface area contributed by atoms with Crippen LogP contribution in [-0.2, 0) is 13.1 Å². The van der Waals surface area contributed by atoms with Gasteiger partial charge in [0.2, 0.25) is 0 Å². The lowest BCUT2D eigenvalue weighted by Crippen LogP contribution is -2.11. The first-order valence-electron chi connectivity index (χ1n) is 6.26. The van der Waals surface area contributed by atoms with Gasteiger partial charge in [-0.15, -0.1) is 11.3 Å². The maximum absolute atomic E-state index is 4.62. The van der Waals surface area contributed by atoms with Gasteiger partial charge in [-0.05, 0) is 32.9 Å². The van der Waals surface area contributed by atoms with Gasteiger partial charge in [-0.1, -0.05) is 6.92 Å². The lowest BCUT2D eigenvalue weighted by molar-refractivity contribution is 0.644. The van der Waals surface area contributed by atoms with E-state index in [2.05, 4.69) is 48.5 Å². The summed E-state index contributed by atoms with van der Waals surface area (Å²) in [5.41, 5.74) is 4.71. The van der Waals surface area contributed by atoms with Crippen LogP contribution in [0.4, 0.5) is 0 Å². The molecule has 18 heavy (non-hydrogen) atoms. The van der Waals surface area contributed by atoms with Crippen molar-refractivity contribution in [3.63, 3.8) is 0 Å². The molecule has 98 valence electrons. The molecular formula is C13H20N4S. The Morgan fingerprint density at radius 2 is 2.11 bits per heavy atom. The number of aromatic nitrogens is 3. The summed E-state index contributed by atoms with van der Waals surface area (Å²) in [6, 6.07) is 0. The van der Waals surface area contributed by atoms with Crippen LogP contribution in [0, 0.1) is 20.8 Å². The number of hydrogen-bond acceptors (Lipinski definition) is 4. The number of hydrogen-bond donors (Lipinski definition) is 1. The quantitative estimate of drug-likeness (QED) is 0.902. The number of nitrogens with zero attached hydrogens (tertiary/aromatic N) is 3. The Balaban J connectivity index is 2.09. The molecule has 2 heterocycles. The van der Waals surface area contributed by atoms with Crippen molar-refractivity contribution in [1.29, 1.82) is 0 Å². The summed E-state index contributed by atoms with van der Waals surface area (Å²) in [5, 5.41) is 11.1. The first kappa shape index (κ1) is 13.2. The van der Waals surface area contributed by atoms with Crippen molar-refractivity contribution in [3.8, 4) is 0 Å². The Morgan fingerprint density at radius 3 is 2.72 bits per heavy atom. The van der Waals surface area contributed by atoms with Gasteiger partial charge in [0.05, 0.1) is 17.9 Å². The molecular weight excluding hydrogens is 244 g/mol. The van der Waals surface area contributed by atoms with E-state index < -0.39 is 0 Å². The van der Waals surface area contributed by atoms with Gasteiger partial charge in [0, 0.05) is 17.6 Å². The van der Waals surface area contributed by atoms with Gasteiger partial charge in [0.25, 0.3) is 0 Å². The normalized spacial score (nSPS) is 11.1. The van der Waals surface area contributed by atoms with Crippen LogP contribution < -0.4 is 5.32 Å². The lowest BCUT2D eigenvalue weighted by Gasteiger charge is -2.01. The lowest BCUT2D eigenvalue weighted by atomic mass is 10.2. The second-order valence-electron chi connectivity index (χ2n) is 4.47. The predicted octanol–water partition coefficient (Wildman–Crippen LogP) is 2.42. The summed E-state index contributed by atoms with van der Waals surface area (Å²) < 4.78 is 2.04. The molecule has 0 aromatic carbocycles. The predicted molar refractivity (Wildman–Crippen MR) is 75.0 cm³/mol. The Morgan fingerprint density at radius 1 is 1.33 bits per heavy atom. The minimum Gasteiger partial charge on any atom is -0.311 e. The fourth-order valence-corrected chi connectivity index (χ4v) is 2.58. The zero-order valence-electron chi connectivity index (χ0n) is 11.4. The molecule has 0 amide bonds. The highest BCUT2D eigenvalue weighted by Crippen LogP contribution is 2.15. The fraction of sp³-hybridized carbons (Fsp3) is 0.538. The highest BCUT2D eigenvalue weighted by atomic mass is 32.1. The molecule has 0 radical (unpaired) electrons. The highest BCUT2D eigenvalue weighted by Gasteiger charge is 2.09. The van der Waals surface area contributed by atoms with Crippen LogP contribution in [-0.4, -0.2) is 21.3 Å². The van der Waals surface area contributed by atoms with Gasteiger partial charge in [0.15, 0.2) is 0 Å². The average molecular weight is 264 g/mol. The molecule has 2 aromatic rings. The van der Waals surface area contributed by atoms with Crippen molar-refractivity contribution in [3.05, 3.63) is 33.0 Å². The second kappa shape index (κ2) is 5.63. The molecule has 0 saturated heterocycles. The van der Waals surface area contributed by atoms with Crippen LogP contribution in [0.1, 0.15) is 34.6 Å². The monoisotopic (exact) mass is 264 g/mol. The van der Waals surface area contributed by atoms with Crippen LogP contribution in [0.5, 0.6) is 0 Å². The molecule has 2 rings (SSSR count). The Bertz CT molecular complexity index is 527. The SMILES string of the molecule is CCNCc1nc(Cn2nc(C)c(C)c2C)cs1. The van der Waals surface area contributed by atoms with Gasteiger partial charge in [-0.3, -0.25) is 4.68 Å². The van der Waals surface area contributed by atoms with Crippen molar-refractivity contribution in [2.24, 2.45) is 0 Å². The van der Waals surface area contributed by atoms with Crippen molar-refractivity contribution < 1.29 is 0 Å². The topological polar surface area (TPSA) is 42.7 Å². The summed E-state index contributed by atoms with van der Waals surface area (Å²) in [6.45, 7) is 11.0. The standard InChI is InChI=1S/C13H20N4S/c1-5-14-6-13-15-12(8-18-13)7-17-11(4)9(2)10(3)16-17/h8,14H,5-7H2,1-4H3. The van der Waals surface area contributed by atoms with Crippen molar-refractivity contribution in [2.45, 2.75) is 40.8 Å². The van der Waals surface area contributed by atoms with Crippen LogP contribution in [0.25, 0.3) is 0 Å². The molecule has 0 bridgehead atoms. The second-order valence-corrected chi connectivity index (χ2v) is 5.41. The summed E-state index contributed by atoms with van der Waals surface area (Å²) in [5.74, 6) is 0. The molecule has 0 unspecified atom stereocenters. The van der Waals surface area contributed by atoms with E-state index in [0.29, 0.717) is 0 Å². The van der Waals surface area contributed by atoms with E-state index in [9.17, 15) is 0 Å². The summed E-state index contributed by atoms with van der Waals surface area (Å²) >= 11 is 1.71. The molecule has 2 aromatic heterocycles. The third kappa shape index (κ3) is 2.79. The Kier molecular flexibility index (Phi) is 4.14. The van der Waals surface area contributed by atoms with Crippen molar-refractivity contribution >= 4 is 11.3 Å². The first-order valence-corrected chi connectivity index (χ1v) is 7.14. The summed E-state index contributed by atoms with van der Waals surface area (Å²) in [7, 11) is 0. The van der Waals surface area contributed by atoms with Gasteiger partial charge in [-0.2, -0.15) is 5.10 Å². The minimum atomic E-state index is 0.767. The first-order chi connectivity index (χ1) is 8.61. The van der Waals surface area contributed by atoms with E-state index >= 15 is 0 Å². The summed E-state index contributed by atoms with van der Waals surface area (Å²) in [4.78, 5) is 4.62. The van der Waals surface area contributed by atoms with Crippen LogP contribution in [0.3, 0.4) is 0 Å². The van der Waals surface area contributed by atoms with Crippen molar-refractivity contribution in [2.75, 3.05) is 6.54 Å². The third-order valence-electron chi connectivity index (χ3n) is 3.18. The largest absolute Gasteiger partial charge is 0.311 e. The molecule has 0 saturated carbocycles. The van der Waals surface area contributed by atoms with Gasteiger partial charge < -0.3 is 5.32 Å². The van der Waals surface area contributed by atoms with Gasteiger partial charge in [0.1, 0.15) is 5.01 Å². The zero-order chi connectivity index (χ0) is 13.1. The Labute approximate surface area is 112 Å². The van der Waals surface area contributed by atoms with Gasteiger partial charge >= 0.3 is 0 Å². The molecule has 1 N–H and O–H groups in total. The molecule has 5 heteroatoms. The van der Waals surface area contributed by atoms with E-state index in [1.165, 1.54) is 11.3 Å². The van der Waals surface area contributed by atoms with E-state index in [-0.39, 0.29) is 0 Å². The van der Waals surface area contributed by atoms with E-state index in [4.69, 9.17) is 0 Å². The maximum Gasteiger partial charge on any atom is 0.107 e. The highest BCUT2D eigenvalue weighted by molar-refractivity contribution is 7.09. The van der Waals surface area contributed by atoms with E-state index in [1.807, 2.05) is 4.68 Å². The van der Waals surface area contributed by atoms with Gasteiger partial charge in [-0.25, -0.2) is 4.98 Å². The van der Waals surface area contributed by atoms with Crippen LogP contribution in [0.15, 0.2) is 5.38 Å². The number of thiazole rings is 1. The Hall–Kier alpha value is -1.20. The minimum absolute atomic E-state index is 0.767. The molecule has 0 aliphatic carbocycles. The number of nitrogens with one attached hydrogen (secondary N) is 1. The van der Waals surface area contributed by atoms with Crippen LogP contribution in [0.2, 0.25) is 0 Å². The van der Waals surface area contributed by atoms with Crippen molar-refractivity contribution in [1.82, 2.24) is 20.1 Å². The number of aryl methyl sites for hydroxylation is 1. The molecule has 0 atom stereocenters. The number of rotatable bonds is 5. The molecule has 4 nitrogen and oxygen atoms in total. The summed E-state index contributed by atoms with van der Waals surface area (Å²) in [6.07, 6.45) is 0. The molecule has 0 spiro atoms. The van der Waals surface area contributed by atoms with E-state index in [1.54, 1.807) is 11.3 Å². The smallest absolute Gasteiger partial charge is 0.107 e. The fourth-order valence-electron chi connectivity index (χ4n) is 1.83. The van der Waals surface area contributed by atoms with Crippen LogP contribution >= 0.6 is 11.3 Å². The molecule has 0 aliphatic heterocycles. The molecule has 0 fully saturated rings. The average Bonchev–Trinajstić information content (AvgIpc) is 2.89. The molecule has 0 aliphatic rings.